The van der Waals surface area contributed by atoms with Gasteiger partial charge in [0.15, 0.2) is 0 Å². The lowest BCUT2D eigenvalue weighted by molar-refractivity contribution is 0.268. The molecule has 1 N–H and O–H groups in total. The molecule has 0 aliphatic heterocycles. The minimum absolute atomic E-state index is 0.113. The lowest BCUT2D eigenvalue weighted by Gasteiger charge is -2.20. The van der Waals surface area contributed by atoms with E-state index in [0.29, 0.717) is 11.6 Å². The molecule has 1 aromatic carbocycles. The molecule has 0 fully saturated rings. The van der Waals surface area contributed by atoms with E-state index in [1.54, 1.807) is 13.0 Å². The third kappa shape index (κ3) is 6.17. The molecule has 0 aliphatic rings. The topological polar surface area (TPSA) is 15.3 Å². The predicted octanol–water partition coefficient (Wildman–Crippen LogP) is 3.34. The van der Waals surface area contributed by atoms with Crippen molar-refractivity contribution in [3.05, 3.63) is 35.1 Å². The molecule has 1 rings (SSSR count). The number of hydrogen-bond donors (Lipinski definition) is 1. The van der Waals surface area contributed by atoms with Gasteiger partial charge in [0.25, 0.3) is 0 Å². The molecule has 3 heteroatoms. The Morgan fingerprint density at radius 1 is 1.26 bits per heavy atom. The Kier molecular flexibility index (Phi) is 7.03. The Hall–Kier alpha value is -0.930. The van der Waals surface area contributed by atoms with E-state index in [1.165, 1.54) is 6.42 Å². The van der Waals surface area contributed by atoms with Crippen molar-refractivity contribution >= 4 is 0 Å². The van der Waals surface area contributed by atoms with Crippen molar-refractivity contribution in [2.75, 3.05) is 20.1 Å². The Labute approximate surface area is 117 Å². The molecule has 19 heavy (non-hydrogen) atoms. The fraction of sp³-hybridized carbons (Fsp3) is 0.625. The van der Waals surface area contributed by atoms with Gasteiger partial charge >= 0.3 is 0 Å². The Morgan fingerprint density at radius 3 is 2.63 bits per heavy atom. The molecule has 0 saturated heterocycles. The van der Waals surface area contributed by atoms with Crippen molar-refractivity contribution in [2.24, 2.45) is 0 Å². The number of benzene rings is 1. The molecule has 1 aromatic rings. The summed E-state index contributed by atoms with van der Waals surface area (Å²) in [6.45, 7) is 9.09. The van der Waals surface area contributed by atoms with Gasteiger partial charge in [0.05, 0.1) is 0 Å². The maximum absolute atomic E-state index is 13.3. The summed E-state index contributed by atoms with van der Waals surface area (Å²) in [6, 6.07) is 6.06. The van der Waals surface area contributed by atoms with Gasteiger partial charge in [0.2, 0.25) is 0 Å². The molecule has 0 atom stereocenters. The molecule has 108 valence electrons. The number of aryl methyl sites for hydroxylation is 1. The smallest absolute Gasteiger partial charge is 0.126 e. The highest BCUT2D eigenvalue weighted by molar-refractivity contribution is 5.23. The van der Waals surface area contributed by atoms with Crippen LogP contribution >= 0.6 is 0 Å². The van der Waals surface area contributed by atoms with Gasteiger partial charge in [-0.3, -0.25) is 0 Å². The first-order valence-electron chi connectivity index (χ1n) is 7.16. The maximum Gasteiger partial charge on any atom is 0.126 e. The van der Waals surface area contributed by atoms with Crippen LogP contribution in [0.3, 0.4) is 0 Å². The van der Waals surface area contributed by atoms with E-state index < -0.39 is 0 Å². The molecule has 0 amide bonds. The molecular formula is C16H27FN2. The first-order valence-corrected chi connectivity index (χ1v) is 7.16. The van der Waals surface area contributed by atoms with Crippen LogP contribution in [-0.4, -0.2) is 31.1 Å². The molecule has 0 saturated carbocycles. The zero-order valence-electron chi connectivity index (χ0n) is 12.7. The second-order valence-corrected chi connectivity index (χ2v) is 5.54. The highest BCUT2D eigenvalue weighted by atomic mass is 19.1. The van der Waals surface area contributed by atoms with Gasteiger partial charge in [-0.15, -0.1) is 0 Å². The van der Waals surface area contributed by atoms with Crippen LogP contribution in [0.2, 0.25) is 0 Å². The van der Waals surface area contributed by atoms with E-state index in [4.69, 9.17) is 0 Å². The molecule has 0 aliphatic carbocycles. The quantitative estimate of drug-likeness (QED) is 0.726. The number of nitrogens with zero attached hydrogens (tertiary/aromatic N) is 1. The van der Waals surface area contributed by atoms with Crippen LogP contribution in [0.5, 0.6) is 0 Å². The third-order valence-corrected chi connectivity index (χ3v) is 3.56. The highest BCUT2D eigenvalue weighted by Crippen LogP contribution is 2.08. The van der Waals surface area contributed by atoms with Crippen LogP contribution in [0.25, 0.3) is 0 Å². The summed E-state index contributed by atoms with van der Waals surface area (Å²) in [5.74, 6) is -0.113. The second-order valence-electron chi connectivity index (χ2n) is 5.54. The number of hydrogen-bond acceptors (Lipinski definition) is 2. The molecule has 0 radical (unpaired) electrons. The van der Waals surface area contributed by atoms with Gasteiger partial charge in [0, 0.05) is 12.6 Å². The predicted molar refractivity (Wildman–Crippen MR) is 79.8 cm³/mol. The maximum atomic E-state index is 13.3. The molecule has 0 bridgehead atoms. The monoisotopic (exact) mass is 266 g/mol. The molecule has 0 spiro atoms. The molecular weight excluding hydrogens is 239 g/mol. The van der Waals surface area contributed by atoms with Crippen molar-refractivity contribution < 1.29 is 4.39 Å². The van der Waals surface area contributed by atoms with E-state index >= 15 is 0 Å². The number of rotatable bonds is 8. The number of halogens is 1. The largest absolute Gasteiger partial charge is 0.313 e. The van der Waals surface area contributed by atoms with Crippen molar-refractivity contribution in [1.29, 1.82) is 0 Å². The lowest BCUT2D eigenvalue weighted by Crippen LogP contribution is -2.27. The second kappa shape index (κ2) is 8.28. The fourth-order valence-electron chi connectivity index (χ4n) is 1.85. The Balaban J connectivity index is 2.12. The van der Waals surface area contributed by atoms with Crippen molar-refractivity contribution in [3.8, 4) is 0 Å². The normalized spacial score (nSPS) is 11.5. The Morgan fingerprint density at radius 2 is 2.00 bits per heavy atom. The van der Waals surface area contributed by atoms with E-state index in [-0.39, 0.29) is 5.82 Å². The SMILES string of the molecule is Cc1ccc(CNCCCCN(C)C(C)C)cc1F. The van der Waals surface area contributed by atoms with Crippen molar-refractivity contribution in [1.82, 2.24) is 10.2 Å². The number of unbranched alkanes of at least 4 members (excludes halogenated alkanes) is 1. The summed E-state index contributed by atoms with van der Waals surface area (Å²) in [5, 5.41) is 3.37. The first-order chi connectivity index (χ1) is 9.00. The van der Waals surface area contributed by atoms with Crippen LogP contribution in [0.15, 0.2) is 18.2 Å². The number of nitrogens with one attached hydrogen (secondary N) is 1. The van der Waals surface area contributed by atoms with Crippen LogP contribution in [0.1, 0.15) is 37.8 Å². The fourth-order valence-corrected chi connectivity index (χ4v) is 1.85. The third-order valence-electron chi connectivity index (χ3n) is 3.56. The van der Waals surface area contributed by atoms with Gasteiger partial charge < -0.3 is 10.2 Å². The summed E-state index contributed by atoms with van der Waals surface area (Å²) in [7, 11) is 2.16. The van der Waals surface area contributed by atoms with Crippen LogP contribution in [0.4, 0.5) is 4.39 Å². The molecule has 2 nitrogen and oxygen atoms in total. The van der Waals surface area contributed by atoms with Gasteiger partial charge in [-0.2, -0.15) is 0 Å². The highest BCUT2D eigenvalue weighted by Gasteiger charge is 2.02. The van der Waals surface area contributed by atoms with Crippen molar-refractivity contribution in [3.63, 3.8) is 0 Å². The summed E-state index contributed by atoms with van der Waals surface area (Å²) in [4.78, 5) is 2.36. The average Bonchev–Trinajstić information content (AvgIpc) is 2.37. The minimum Gasteiger partial charge on any atom is -0.313 e. The van der Waals surface area contributed by atoms with Crippen molar-refractivity contribution in [2.45, 2.75) is 46.2 Å². The van der Waals surface area contributed by atoms with Gasteiger partial charge in [-0.25, -0.2) is 4.39 Å². The average molecular weight is 266 g/mol. The van der Waals surface area contributed by atoms with E-state index in [9.17, 15) is 4.39 Å². The van der Waals surface area contributed by atoms with Crippen LogP contribution in [0, 0.1) is 12.7 Å². The zero-order chi connectivity index (χ0) is 14.3. The van der Waals surface area contributed by atoms with Gasteiger partial charge in [0.1, 0.15) is 5.82 Å². The summed E-state index contributed by atoms with van der Waals surface area (Å²) >= 11 is 0. The summed E-state index contributed by atoms with van der Waals surface area (Å²) in [6.07, 6.45) is 2.36. The van der Waals surface area contributed by atoms with E-state index in [2.05, 4.69) is 31.1 Å². The molecule has 0 aromatic heterocycles. The van der Waals surface area contributed by atoms with E-state index in [0.717, 1.165) is 31.6 Å². The minimum atomic E-state index is -0.113. The van der Waals surface area contributed by atoms with Crippen LogP contribution < -0.4 is 5.32 Å². The zero-order valence-corrected chi connectivity index (χ0v) is 12.7. The lowest BCUT2D eigenvalue weighted by atomic mass is 10.1. The summed E-state index contributed by atoms with van der Waals surface area (Å²) < 4.78 is 13.3. The standard InChI is InChI=1S/C16H27FN2/c1-13(2)19(4)10-6-5-9-18-12-15-8-7-14(3)16(17)11-15/h7-8,11,13,18H,5-6,9-10,12H2,1-4H3. The van der Waals surface area contributed by atoms with Gasteiger partial charge in [-0.05, 0) is 70.9 Å². The van der Waals surface area contributed by atoms with Crippen LogP contribution in [-0.2, 0) is 6.54 Å². The summed E-state index contributed by atoms with van der Waals surface area (Å²) in [5.41, 5.74) is 1.72. The Bertz CT molecular complexity index is 377. The molecule has 0 heterocycles. The first kappa shape index (κ1) is 16.1. The van der Waals surface area contributed by atoms with Gasteiger partial charge in [-0.1, -0.05) is 12.1 Å². The molecule has 0 unspecified atom stereocenters. The van der Waals surface area contributed by atoms with E-state index in [1.807, 2.05) is 12.1 Å².